The van der Waals surface area contributed by atoms with E-state index in [0.717, 1.165) is 99.3 Å². The maximum absolute atomic E-state index is 14.3. The quantitative estimate of drug-likeness (QED) is 0.0479. The molecule has 7 aliphatic rings. The number of piperidine rings is 3. The topological polar surface area (TPSA) is 352 Å². The van der Waals surface area contributed by atoms with E-state index in [0.29, 0.717) is 128 Å². The van der Waals surface area contributed by atoms with E-state index in [9.17, 15) is 39.9 Å². The van der Waals surface area contributed by atoms with Crippen LogP contribution >= 0.6 is 11.6 Å². The number of fused-ring (bicyclic) bond motifs is 7. The van der Waals surface area contributed by atoms with Gasteiger partial charge in [-0.25, -0.2) is 51.6 Å². The van der Waals surface area contributed by atoms with Gasteiger partial charge in [-0.15, -0.1) is 0 Å². The zero-order valence-electron chi connectivity index (χ0n) is 66.6. The summed E-state index contributed by atoms with van der Waals surface area (Å²) < 4.78 is 75.5. The van der Waals surface area contributed by atoms with Crippen molar-refractivity contribution in [3.8, 4) is 81.3 Å². The Morgan fingerprint density at radius 1 is 0.500 bits per heavy atom. The molecule has 612 valence electrons. The monoisotopic (exact) mass is 1630 g/mol. The number of hydrogen-bond acceptors (Lipinski definition) is 27. The van der Waals surface area contributed by atoms with Crippen LogP contribution in [-0.2, 0) is 13.1 Å². The van der Waals surface area contributed by atoms with Crippen LogP contribution in [0.2, 0.25) is 5.02 Å². The molecule has 7 fully saturated rings. The van der Waals surface area contributed by atoms with Gasteiger partial charge >= 0.3 is 0 Å². The van der Waals surface area contributed by atoms with Crippen molar-refractivity contribution in [3.05, 3.63) is 180 Å². The number of nitriles is 3. The van der Waals surface area contributed by atoms with Crippen LogP contribution in [0.3, 0.4) is 0 Å². The van der Waals surface area contributed by atoms with Gasteiger partial charge in [0.2, 0.25) is 17.6 Å². The van der Waals surface area contributed by atoms with Crippen LogP contribution < -0.4 is 47.9 Å². The Kier molecular flexibility index (Phi) is 23.0. The van der Waals surface area contributed by atoms with E-state index in [2.05, 4.69) is 73.0 Å². The predicted octanol–water partition coefficient (Wildman–Crippen LogP) is 10.0. The highest BCUT2D eigenvalue weighted by molar-refractivity contribution is 6.33. The van der Waals surface area contributed by atoms with Crippen molar-refractivity contribution in [1.82, 2.24) is 78.1 Å². The Labute approximate surface area is 683 Å². The van der Waals surface area contributed by atoms with Crippen LogP contribution in [-0.4, -0.2) is 220 Å². The summed E-state index contributed by atoms with van der Waals surface area (Å²) >= 11 is 6.85. The van der Waals surface area contributed by atoms with Crippen LogP contribution in [0, 0.1) is 45.6 Å². The van der Waals surface area contributed by atoms with Crippen LogP contribution in [0.4, 0.5) is 26.2 Å². The lowest BCUT2D eigenvalue weighted by Crippen LogP contribution is -2.68. The number of nitrogens with zero attached hydrogens (tertiary/aromatic N) is 22. The van der Waals surface area contributed by atoms with Gasteiger partial charge in [-0.2, -0.15) is 41.3 Å². The molecule has 0 amide bonds. The van der Waals surface area contributed by atoms with E-state index < -0.39 is 28.4 Å². The fraction of sp³-hybridized carbons (Fsp3) is 0.398. The van der Waals surface area contributed by atoms with E-state index in [1.165, 1.54) is 37.8 Å². The van der Waals surface area contributed by atoms with Gasteiger partial charge in [-0.05, 0) is 103 Å². The molecular formula is C83H89ClF2N22O10. The van der Waals surface area contributed by atoms with E-state index in [-0.39, 0.29) is 37.7 Å². The van der Waals surface area contributed by atoms with Gasteiger partial charge in [0.05, 0.1) is 120 Å². The molecule has 19 rings (SSSR count). The summed E-state index contributed by atoms with van der Waals surface area (Å²) in [6.07, 6.45) is 24.0. The number of halogens is 3. The Bertz CT molecular complexity index is 5740. The maximum Gasteiger partial charge on any atom is 0.250 e. The molecule has 12 aromatic rings. The van der Waals surface area contributed by atoms with E-state index in [4.69, 9.17) is 59.9 Å². The molecular weight excluding hydrogens is 1540 g/mol. The second-order valence-corrected chi connectivity index (χ2v) is 32.1. The fourth-order valence-electron chi connectivity index (χ4n) is 15.2. The lowest BCUT2D eigenvalue weighted by atomic mass is 9.87. The maximum atomic E-state index is 14.3. The molecule has 0 aromatic carbocycles. The van der Waals surface area contributed by atoms with Crippen molar-refractivity contribution < 1.29 is 57.3 Å². The summed E-state index contributed by atoms with van der Waals surface area (Å²) in [6, 6.07) is 25.7. The van der Waals surface area contributed by atoms with Crippen molar-refractivity contribution in [1.29, 1.82) is 15.8 Å². The third-order valence-electron chi connectivity index (χ3n) is 20.9. The Balaban J connectivity index is 0.000000139. The molecule has 0 radical (unpaired) electrons. The highest BCUT2D eigenvalue weighted by atomic mass is 35.5. The lowest BCUT2D eigenvalue weighted by molar-refractivity contribution is -0.00888. The van der Waals surface area contributed by atoms with E-state index in [1.54, 1.807) is 140 Å². The average Bonchev–Trinajstić information content (AvgIpc) is 1.73. The molecule has 19 heterocycles. The number of aliphatic hydroxyl groups is 3. The van der Waals surface area contributed by atoms with E-state index in [1.807, 2.05) is 42.7 Å². The molecule has 3 N–H and O–H groups in total. The van der Waals surface area contributed by atoms with E-state index >= 15 is 0 Å². The summed E-state index contributed by atoms with van der Waals surface area (Å²) in [5.41, 5.74) is 4.36. The SMILES string of the molecule is CCOc1ncc(CN2C3CC2CN(c2ccn(-c4cc(OCC(C)(C)O)cn5ncc(C#N)c45)n2)C3)cc1F.COc1ccc(OC2CCN(c3ccn(-c4cc(OCC(C)(C)O)cn5ncc(C#N)c45)n3)CC2)cn1.COc1ncc(CN2C3CC2CN(c2cc(Cl)c(-c4cc(OCC(C)(C)O)cn5ncc(C#N)c45)cn2)C3)cc1F. The summed E-state index contributed by atoms with van der Waals surface area (Å²) in [5.74, 6) is 4.38. The molecule has 12 aromatic heterocycles. The van der Waals surface area contributed by atoms with Gasteiger partial charge in [0.1, 0.15) is 84.0 Å². The number of pyridine rings is 7. The second-order valence-electron chi connectivity index (χ2n) is 31.6. The minimum absolute atomic E-state index is 0.00121. The zero-order chi connectivity index (χ0) is 82.9. The lowest BCUT2D eigenvalue weighted by Gasteiger charge is -2.56. The molecule has 7 saturated heterocycles. The third kappa shape index (κ3) is 17.9. The fourth-order valence-corrected chi connectivity index (χ4v) is 15.5. The molecule has 4 atom stereocenters. The van der Waals surface area contributed by atoms with Crippen molar-refractivity contribution in [2.45, 2.75) is 134 Å². The number of aromatic nitrogens is 14. The molecule has 0 aliphatic carbocycles. The Hall–Kier alpha value is -12.5. The third-order valence-corrected chi connectivity index (χ3v) is 21.2. The first-order valence-electron chi connectivity index (χ1n) is 38.6. The first-order chi connectivity index (χ1) is 56.7. The molecule has 7 aliphatic heterocycles. The summed E-state index contributed by atoms with van der Waals surface area (Å²) in [4.78, 5) is 28.6. The minimum Gasteiger partial charge on any atom is -0.489 e. The molecule has 4 bridgehead atoms. The van der Waals surface area contributed by atoms with Crippen LogP contribution in [0.25, 0.3) is 39.1 Å². The number of ether oxygens (including phenoxy) is 7. The number of methoxy groups -OCH3 is 2. The van der Waals surface area contributed by atoms with Crippen molar-refractivity contribution in [2.75, 3.05) is 94.6 Å². The van der Waals surface area contributed by atoms with Crippen LogP contribution in [0.5, 0.6) is 40.6 Å². The largest absolute Gasteiger partial charge is 0.489 e. The smallest absolute Gasteiger partial charge is 0.250 e. The number of hydrogen-bond donors (Lipinski definition) is 3. The first-order valence-corrected chi connectivity index (χ1v) is 39.0. The Morgan fingerprint density at radius 2 is 0.966 bits per heavy atom. The molecule has 35 heteroatoms. The highest BCUT2D eigenvalue weighted by Gasteiger charge is 2.46. The highest BCUT2D eigenvalue weighted by Crippen LogP contribution is 2.42. The zero-order valence-corrected chi connectivity index (χ0v) is 67.3. The Morgan fingerprint density at radius 3 is 1.41 bits per heavy atom. The normalized spacial score (nSPS) is 17.5. The second kappa shape index (κ2) is 33.6. The van der Waals surface area contributed by atoms with Gasteiger partial charge in [-0.3, -0.25) is 9.80 Å². The average molecular weight is 1630 g/mol. The minimum atomic E-state index is -1.02. The molecule has 4 unspecified atom stereocenters. The molecule has 0 spiro atoms. The van der Waals surface area contributed by atoms with Gasteiger partial charge in [-0.1, -0.05) is 11.6 Å². The van der Waals surface area contributed by atoms with Crippen molar-refractivity contribution in [3.63, 3.8) is 0 Å². The van der Waals surface area contributed by atoms with Crippen LogP contribution in [0.1, 0.15) is 102 Å². The summed E-state index contributed by atoms with van der Waals surface area (Å²) in [5, 5.41) is 82.3. The molecule has 0 saturated carbocycles. The predicted molar refractivity (Wildman–Crippen MR) is 430 cm³/mol. The standard InChI is InChI=1S/C29H29ClFN7O3.C28H31FN8O3.C26H29N7O4/c1-29(2,39)16-41-21-6-22(27-18(8-32)10-35-38(27)15-21)23-11-33-26(7-24(23)30)36-13-19-5-20(14-36)37(19)12-17-4-25(31)28(40-3)34-9-17;1-4-39-27-23(29)7-18(11-31-27)13-35-20-8-21(35)15-34(14-20)25-5-6-36(33-25)24-9-22(40-17-28(2,3)38)16-37-26(24)19(10-30)12-32-37;1-26(2,34)17-36-21-12-22(25-18(13-27)14-29-33(25)16-21)32-11-8-23(30-32)31-9-6-19(7-10-31)37-20-4-5-24(35-3)28-15-20/h4,6-7,9-11,15,19-20,39H,5,12-14,16H2,1-3H3;5-7,9,11-12,16,20-21,38H,4,8,13-15,17H2,1-3H3;4-5,8,11-12,14-16,19,34H,6-7,9-10,17H2,1-3H3. The van der Waals surface area contributed by atoms with Crippen molar-refractivity contribution in [2.24, 2.45) is 0 Å². The summed E-state index contributed by atoms with van der Waals surface area (Å²) in [6.45, 7) is 18.5. The van der Waals surface area contributed by atoms with Gasteiger partial charge in [0.25, 0.3) is 0 Å². The van der Waals surface area contributed by atoms with Crippen LogP contribution in [0.15, 0.2) is 135 Å². The van der Waals surface area contributed by atoms with Gasteiger partial charge < -0.3 is 63.2 Å². The molecule has 32 nitrogen and oxygen atoms in total. The number of anilines is 3. The summed E-state index contributed by atoms with van der Waals surface area (Å²) in [7, 11) is 2.99. The molecule has 118 heavy (non-hydrogen) atoms. The van der Waals surface area contributed by atoms with Crippen molar-refractivity contribution >= 4 is 45.6 Å². The van der Waals surface area contributed by atoms with Gasteiger partial charge in [0, 0.05) is 162 Å². The number of piperazine rings is 2. The number of rotatable bonds is 25. The first kappa shape index (κ1) is 80.7. The van der Waals surface area contributed by atoms with Gasteiger partial charge in [0.15, 0.2) is 23.3 Å².